The second-order valence-corrected chi connectivity index (χ2v) is 5.29. The van der Waals surface area contributed by atoms with Crippen molar-refractivity contribution in [2.45, 2.75) is 19.3 Å². The van der Waals surface area contributed by atoms with Crippen molar-refractivity contribution in [3.05, 3.63) is 36.2 Å². The zero-order valence-corrected chi connectivity index (χ0v) is 11.2. The fourth-order valence-electron chi connectivity index (χ4n) is 2.71. The van der Waals surface area contributed by atoms with Gasteiger partial charge in [-0.2, -0.15) is 5.10 Å². The lowest BCUT2D eigenvalue weighted by atomic mass is 9.89. The minimum atomic E-state index is 0.646. The molecule has 3 rings (SSSR count). The first kappa shape index (κ1) is 11.3. The van der Waals surface area contributed by atoms with E-state index in [9.17, 15) is 0 Å². The summed E-state index contributed by atoms with van der Waals surface area (Å²) in [5.74, 6) is 0.646. The number of anilines is 1. The molecule has 94 valence electrons. The van der Waals surface area contributed by atoms with Gasteiger partial charge in [0.1, 0.15) is 0 Å². The van der Waals surface area contributed by atoms with E-state index in [0.717, 1.165) is 6.54 Å². The van der Waals surface area contributed by atoms with E-state index in [0.29, 0.717) is 5.92 Å². The average Bonchev–Trinajstić information content (AvgIpc) is 2.80. The van der Waals surface area contributed by atoms with E-state index in [-0.39, 0.29) is 0 Å². The van der Waals surface area contributed by atoms with Gasteiger partial charge in [-0.15, -0.1) is 0 Å². The molecule has 2 aromatic rings. The van der Waals surface area contributed by atoms with Gasteiger partial charge >= 0.3 is 0 Å². The van der Waals surface area contributed by atoms with Crippen molar-refractivity contribution in [3.63, 3.8) is 0 Å². The molecule has 1 atom stereocenters. The molecule has 18 heavy (non-hydrogen) atoms. The fraction of sp³-hybridized carbons (Fsp3) is 0.400. The van der Waals surface area contributed by atoms with Gasteiger partial charge in [-0.25, -0.2) is 0 Å². The van der Waals surface area contributed by atoms with Crippen molar-refractivity contribution in [2.24, 2.45) is 7.05 Å². The number of hydrogen-bond donors (Lipinski definition) is 0. The van der Waals surface area contributed by atoms with Crippen molar-refractivity contribution in [2.75, 3.05) is 18.5 Å². The van der Waals surface area contributed by atoms with Crippen molar-refractivity contribution < 1.29 is 0 Å². The molecule has 0 unspecified atom stereocenters. The number of rotatable bonds is 1. The number of benzene rings is 1. The molecule has 1 aliphatic heterocycles. The van der Waals surface area contributed by atoms with Crippen molar-refractivity contribution >= 4 is 5.69 Å². The fourth-order valence-corrected chi connectivity index (χ4v) is 2.71. The Kier molecular flexibility index (Phi) is 2.62. The molecule has 1 aromatic heterocycles. The van der Waals surface area contributed by atoms with Gasteiger partial charge in [0.25, 0.3) is 0 Å². The SMILES string of the molecule is C[C@H]1CCN(C)c2ccc(-c3cnn(C)c3)cc21. The van der Waals surface area contributed by atoms with E-state index >= 15 is 0 Å². The molecular weight excluding hydrogens is 222 g/mol. The van der Waals surface area contributed by atoms with Crippen LogP contribution in [0, 0.1) is 0 Å². The molecule has 1 aliphatic rings. The van der Waals surface area contributed by atoms with Gasteiger partial charge in [0.15, 0.2) is 0 Å². The molecule has 0 spiro atoms. The van der Waals surface area contributed by atoms with Gasteiger partial charge < -0.3 is 4.90 Å². The summed E-state index contributed by atoms with van der Waals surface area (Å²) >= 11 is 0. The first-order valence-corrected chi connectivity index (χ1v) is 6.49. The topological polar surface area (TPSA) is 21.1 Å². The summed E-state index contributed by atoms with van der Waals surface area (Å²) in [4.78, 5) is 2.35. The second kappa shape index (κ2) is 4.16. The van der Waals surface area contributed by atoms with Crippen LogP contribution < -0.4 is 4.90 Å². The van der Waals surface area contributed by atoms with Gasteiger partial charge in [0, 0.05) is 38.1 Å². The van der Waals surface area contributed by atoms with Crippen molar-refractivity contribution in [1.29, 1.82) is 0 Å². The maximum atomic E-state index is 4.25. The molecule has 0 amide bonds. The van der Waals surface area contributed by atoms with E-state index in [4.69, 9.17) is 0 Å². The number of aryl methyl sites for hydroxylation is 1. The summed E-state index contributed by atoms with van der Waals surface area (Å²) in [5, 5.41) is 4.25. The normalized spacial score (nSPS) is 18.8. The largest absolute Gasteiger partial charge is 0.374 e. The molecule has 0 saturated heterocycles. The number of fused-ring (bicyclic) bond motifs is 1. The average molecular weight is 241 g/mol. The maximum absolute atomic E-state index is 4.25. The van der Waals surface area contributed by atoms with E-state index < -0.39 is 0 Å². The summed E-state index contributed by atoms with van der Waals surface area (Å²) in [5.41, 5.74) is 5.30. The molecule has 0 saturated carbocycles. The minimum Gasteiger partial charge on any atom is -0.374 e. The van der Waals surface area contributed by atoms with Crippen LogP contribution in [-0.4, -0.2) is 23.4 Å². The Morgan fingerprint density at radius 3 is 2.78 bits per heavy atom. The van der Waals surface area contributed by atoms with E-state index in [1.165, 1.54) is 28.8 Å². The van der Waals surface area contributed by atoms with Gasteiger partial charge in [-0.3, -0.25) is 4.68 Å². The maximum Gasteiger partial charge on any atom is 0.0568 e. The van der Waals surface area contributed by atoms with Crippen LogP contribution in [0.5, 0.6) is 0 Å². The highest BCUT2D eigenvalue weighted by Gasteiger charge is 2.20. The van der Waals surface area contributed by atoms with Gasteiger partial charge in [-0.05, 0) is 35.6 Å². The second-order valence-electron chi connectivity index (χ2n) is 5.29. The lowest BCUT2D eigenvalue weighted by molar-refractivity contribution is 0.637. The van der Waals surface area contributed by atoms with E-state index in [1.54, 1.807) is 0 Å². The summed E-state index contributed by atoms with van der Waals surface area (Å²) in [6, 6.07) is 6.77. The van der Waals surface area contributed by atoms with Crippen LogP contribution in [0.2, 0.25) is 0 Å². The van der Waals surface area contributed by atoms with Crippen LogP contribution in [0.15, 0.2) is 30.6 Å². The Morgan fingerprint density at radius 1 is 1.22 bits per heavy atom. The number of nitrogens with zero attached hydrogens (tertiary/aromatic N) is 3. The highest BCUT2D eigenvalue weighted by Crippen LogP contribution is 2.36. The van der Waals surface area contributed by atoms with Gasteiger partial charge in [-0.1, -0.05) is 13.0 Å². The minimum absolute atomic E-state index is 0.646. The van der Waals surface area contributed by atoms with Crippen LogP contribution in [-0.2, 0) is 7.05 Å². The number of hydrogen-bond acceptors (Lipinski definition) is 2. The predicted octanol–water partition coefficient (Wildman–Crippen LogP) is 3.03. The molecule has 0 fully saturated rings. The van der Waals surface area contributed by atoms with Gasteiger partial charge in [0.05, 0.1) is 6.20 Å². The third-order valence-electron chi connectivity index (χ3n) is 3.91. The summed E-state index contributed by atoms with van der Waals surface area (Å²) < 4.78 is 1.85. The Hall–Kier alpha value is -1.77. The van der Waals surface area contributed by atoms with E-state index in [1.807, 2.05) is 17.9 Å². The van der Waals surface area contributed by atoms with Crippen molar-refractivity contribution in [1.82, 2.24) is 9.78 Å². The molecule has 0 N–H and O–H groups in total. The molecule has 1 aromatic carbocycles. The first-order chi connectivity index (χ1) is 8.65. The Morgan fingerprint density at radius 2 is 2.06 bits per heavy atom. The molecule has 3 nitrogen and oxygen atoms in total. The highest BCUT2D eigenvalue weighted by molar-refractivity contribution is 5.69. The molecular formula is C15H19N3. The summed E-state index contributed by atoms with van der Waals surface area (Å²) in [6.45, 7) is 3.47. The standard InChI is InChI=1S/C15H19N3/c1-11-6-7-17(2)15-5-4-12(8-14(11)15)13-9-16-18(3)10-13/h4-5,8-11H,6-7H2,1-3H3/t11-/m0/s1. The van der Waals surface area contributed by atoms with Gasteiger partial charge in [0.2, 0.25) is 0 Å². The molecule has 3 heteroatoms. The third kappa shape index (κ3) is 1.80. The van der Waals surface area contributed by atoms with E-state index in [2.05, 4.69) is 48.4 Å². The quantitative estimate of drug-likeness (QED) is 0.765. The lowest BCUT2D eigenvalue weighted by Crippen LogP contribution is -2.26. The predicted molar refractivity (Wildman–Crippen MR) is 74.9 cm³/mol. The zero-order chi connectivity index (χ0) is 12.7. The lowest BCUT2D eigenvalue weighted by Gasteiger charge is -2.31. The first-order valence-electron chi connectivity index (χ1n) is 6.49. The Balaban J connectivity index is 2.07. The molecule has 0 radical (unpaired) electrons. The summed E-state index contributed by atoms with van der Waals surface area (Å²) in [7, 11) is 4.13. The Bertz CT molecular complexity index is 571. The molecule has 2 heterocycles. The van der Waals surface area contributed by atoms with Crippen LogP contribution in [0.4, 0.5) is 5.69 Å². The highest BCUT2D eigenvalue weighted by atomic mass is 15.2. The van der Waals surface area contributed by atoms with Crippen LogP contribution in [0.1, 0.15) is 24.8 Å². The number of aromatic nitrogens is 2. The third-order valence-corrected chi connectivity index (χ3v) is 3.91. The van der Waals surface area contributed by atoms with Crippen LogP contribution in [0.25, 0.3) is 11.1 Å². The van der Waals surface area contributed by atoms with Crippen LogP contribution in [0.3, 0.4) is 0 Å². The molecule has 0 bridgehead atoms. The summed E-state index contributed by atoms with van der Waals surface area (Å²) in [6.07, 6.45) is 5.23. The van der Waals surface area contributed by atoms with Crippen LogP contribution >= 0.6 is 0 Å². The smallest absolute Gasteiger partial charge is 0.0568 e. The zero-order valence-electron chi connectivity index (χ0n) is 11.2. The Labute approximate surface area is 108 Å². The molecule has 0 aliphatic carbocycles. The van der Waals surface area contributed by atoms with Crippen molar-refractivity contribution in [3.8, 4) is 11.1 Å². The monoisotopic (exact) mass is 241 g/mol.